The molecule has 1 aliphatic carbocycles. The Bertz CT molecular complexity index is 1440. The quantitative estimate of drug-likeness (QED) is 0.194. The van der Waals surface area contributed by atoms with Gasteiger partial charge in [-0.25, -0.2) is 0 Å². The summed E-state index contributed by atoms with van der Waals surface area (Å²) in [5.41, 5.74) is 6.10. The van der Waals surface area contributed by atoms with Crippen molar-refractivity contribution in [2.24, 2.45) is 16.7 Å². The van der Waals surface area contributed by atoms with Gasteiger partial charge in [0, 0.05) is 11.2 Å². The smallest absolute Gasteiger partial charge is 0.311 e. The summed E-state index contributed by atoms with van der Waals surface area (Å²) < 4.78 is 0.805. The minimum Gasteiger partial charge on any atom is -0.481 e. The van der Waals surface area contributed by atoms with Gasteiger partial charge in [-0.15, -0.1) is 0 Å². The number of halogens is 3. The van der Waals surface area contributed by atoms with Crippen LogP contribution in [0.15, 0.2) is 119 Å². The fraction of sp³-hybridized carbons (Fsp3) is 0.206. The zero-order valence-corrected chi connectivity index (χ0v) is 26.7. The first-order valence-electron chi connectivity index (χ1n) is 12.8. The number of hydrogen-bond acceptors (Lipinski definition) is 1. The molecule has 4 aromatic rings. The lowest BCUT2D eigenvalue weighted by Gasteiger charge is -2.16. The number of alkyl halides is 1. The van der Waals surface area contributed by atoms with E-state index in [0.717, 1.165) is 25.4 Å². The number of carboxylic acids is 1. The number of allylic oxidation sites excluding steroid dienone is 1. The summed E-state index contributed by atoms with van der Waals surface area (Å²) in [6.45, 7) is 4.07. The standard InChI is InChI=1S/C21H20Br2O2.C13H11Br/c1-20(2)17(12-18(22)23)21(20,19(24)25)13-14-7-6-10-16(11-14)15-8-4-3-5-9-15;14-10-11-5-4-8-13(9-11)12-6-2-1-3-7-12/h3-12,17H,13H2,1-2H3,(H,24,25);1-9H,10H2. The molecule has 1 N–H and O–H groups in total. The van der Waals surface area contributed by atoms with E-state index in [1.54, 1.807) is 0 Å². The van der Waals surface area contributed by atoms with Crippen LogP contribution in [-0.2, 0) is 16.5 Å². The van der Waals surface area contributed by atoms with Gasteiger partial charge >= 0.3 is 5.97 Å². The second-order valence-corrected chi connectivity index (χ2v) is 13.7. The fourth-order valence-electron chi connectivity index (χ4n) is 5.47. The second kappa shape index (κ2) is 12.8. The van der Waals surface area contributed by atoms with Crippen molar-refractivity contribution in [3.63, 3.8) is 0 Å². The summed E-state index contributed by atoms with van der Waals surface area (Å²) in [7, 11) is 0. The Morgan fingerprint density at radius 1 is 0.744 bits per heavy atom. The van der Waals surface area contributed by atoms with Gasteiger partial charge in [0.2, 0.25) is 0 Å². The predicted octanol–water partition coefficient (Wildman–Crippen LogP) is 10.5. The number of aliphatic carboxylic acids is 1. The van der Waals surface area contributed by atoms with Crippen LogP contribution in [0.3, 0.4) is 0 Å². The molecule has 39 heavy (non-hydrogen) atoms. The number of benzene rings is 4. The van der Waals surface area contributed by atoms with Crippen molar-refractivity contribution >= 4 is 53.8 Å². The number of carboxylic acid groups (broad SMARTS) is 1. The highest BCUT2D eigenvalue weighted by Crippen LogP contribution is 2.71. The molecular formula is C34H31Br3O2. The lowest BCUT2D eigenvalue weighted by Crippen LogP contribution is -2.24. The van der Waals surface area contributed by atoms with Gasteiger partial charge in [-0.2, -0.15) is 0 Å². The van der Waals surface area contributed by atoms with Crippen LogP contribution in [0.1, 0.15) is 25.0 Å². The molecule has 0 aliphatic heterocycles. The van der Waals surface area contributed by atoms with Crippen molar-refractivity contribution in [3.05, 3.63) is 130 Å². The van der Waals surface area contributed by atoms with Crippen molar-refractivity contribution in [3.8, 4) is 22.3 Å². The first-order valence-corrected chi connectivity index (χ1v) is 15.5. The first-order chi connectivity index (χ1) is 18.7. The Morgan fingerprint density at radius 3 is 1.67 bits per heavy atom. The molecule has 0 saturated heterocycles. The molecule has 0 heterocycles. The maximum absolute atomic E-state index is 12.2. The van der Waals surface area contributed by atoms with E-state index in [-0.39, 0.29) is 11.3 Å². The highest BCUT2D eigenvalue weighted by atomic mass is 79.9. The van der Waals surface area contributed by atoms with E-state index in [2.05, 4.69) is 121 Å². The largest absolute Gasteiger partial charge is 0.481 e. The monoisotopic (exact) mass is 708 g/mol. The van der Waals surface area contributed by atoms with Crippen LogP contribution in [0.4, 0.5) is 0 Å². The molecule has 2 nitrogen and oxygen atoms in total. The summed E-state index contributed by atoms with van der Waals surface area (Å²) in [5.74, 6) is -0.753. The minimum absolute atomic E-state index is 0.0216. The highest BCUT2D eigenvalue weighted by Gasteiger charge is 2.74. The molecule has 5 rings (SSSR count). The van der Waals surface area contributed by atoms with Crippen molar-refractivity contribution in [2.45, 2.75) is 25.6 Å². The minimum atomic E-state index is -0.783. The Balaban J connectivity index is 0.000000212. The Kier molecular flexibility index (Phi) is 9.69. The SMILES string of the molecule is BrCc1cccc(-c2ccccc2)c1.CC1(C)C(C=C(Br)Br)C1(Cc1cccc(-c2ccccc2)c1)C(=O)O. The summed E-state index contributed by atoms with van der Waals surface area (Å²) in [4.78, 5) is 12.2. The number of hydrogen-bond donors (Lipinski definition) is 1. The lowest BCUT2D eigenvalue weighted by molar-refractivity contribution is -0.145. The summed E-state index contributed by atoms with van der Waals surface area (Å²) in [6.07, 6.45) is 2.49. The molecule has 0 spiro atoms. The lowest BCUT2D eigenvalue weighted by atomic mass is 9.87. The van der Waals surface area contributed by atoms with E-state index in [1.165, 1.54) is 16.7 Å². The van der Waals surface area contributed by atoms with Gasteiger partial charge in [-0.1, -0.05) is 145 Å². The average Bonchev–Trinajstić information content (AvgIpc) is 3.42. The molecule has 1 saturated carbocycles. The van der Waals surface area contributed by atoms with Gasteiger partial charge in [0.15, 0.2) is 0 Å². The maximum atomic E-state index is 12.2. The summed E-state index contributed by atoms with van der Waals surface area (Å²) in [5, 5.41) is 10.9. The molecule has 5 heteroatoms. The predicted molar refractivity (Wildman–Crippen MR) is 173 cm³/mol. The molecule has 0 radical (unpaired) electrons. The molecule has 2 atom stereocenters. The van der Waals surface area contributed by atoms with E-state index in [1.807, 2.05) is 56.3 Å². The number of rotatable bonds is 7. The molecule has 1 aliphatic rings. The Labute approximate surface area is 256 Å². The molecule has 1 fully saturated rings. The summed E-state index contributed by atoms with van der Waals surface area (Å²) in [6, 6.07) is 37.4. The third-order valence-electron chi connectivity index (χ3n) is 7.75. The van der Waals surface area contributed by atoms with Gasteiger partial charge in [0.25, 0.3) is 0 Å². The zero-order chi connectivity index (χ0) is 28.0. The molecule has 2 unspecified atom stereocenters. The van der Waals surface area contributed by atoms with Gasteiger partial charge < -0.3 is 5.11 Å². The van der Waals surface area contributed by atoms with Crippen LogP contribution < -0.4 is 0 Å². The topological polar surface area (TPSA) is 37.3 Å². The van der Waals surface area contributed by atoms with Gasteiger partial charge in [0.1, 0.15) is 0 Å². The third kappa shape index (κ3) is 6.65. The normalized spacial score (nSPS) is 18.8. The summed E-state index contributed by atoms with van der Waals surface area (Å²) >= 11 is 10.2. The molecule has 0 aromatic heterocycles. The van der Waals surface area contributed by atoms with E-state index < -0.39 is 11.4 Å². The van der Waals surface area contributed by atoms with Gasteiger partial charge in [0.05, 0.1) is 8.81 Å². The van der Waals surface area contributed by atoms with Crippen LogP contribution in [0.5, 0.6) is 0 Å². The van der Waals surface area contributed by atoms with Gasteiger partial charge in [-0.3, -0.25) is 4.79 Å². The van der Waals surface area contributed by atoms with E-state index in [9.17, 15) is 9.90 Å². The maximum Gasteiger partial charge on any atom is 0.311 e. The highest BCUT2D eigenvalue weighted by molar-refractivity contribution is 9.28. The average molecular weight is 711 g/mol. The second-order valence-electron chi connectivity index (χ2n) is 10.4. The number of carbonyl (C=O) groups is 1. The Hall–Kier alpha value is -2.47. The molecule has 0 bridgehead atoms. The van der Waals surface area contributed by atoms with Crippen molar-refractivity contribution < 1.29 is 9.90 Å². The van der Waals surface area contributed by atoms with E-state index in [4.69, 9.17) is 0 Å². The molecule has 200 valence electrons. The van der Waals surface area contributed by atoms with Crippen LogP contribution in [0.2, 0.25) is 0 Å². The van der Waals surface area contributed by atoms with Crippen molar-refractivity contribution in [2.75, 3.05) is 0 Å². The van der Waals surface area contributed by atoms with Crippen LogP contribution >= 0.6 is 47.8 Å². The van der Waals surface area contributed by atoms with E-state index in [0.29, 0.717) is 6.42 Å². The van der Waals surface area contributed by atoms with Crippen LogP contribution in [-0.4, -0.2) is 11.1 Å². The molecule has 0 amide bonds. The molecular weight excluding hydrogens is 680 g/mol. The molecule has 4 aromatic carbocycles. The van der Waals surface area contributed by atoms with Crippen LogP contribution in [0, 0.1) is 16.7 Å². The Morgan fingerprint density at radius 2 is 1.21 bits per heavy atom. The van der Waals surface area contributed by atoms with Crippen LogP contribution in [0.25, 0.3) is 22.3 Å². The first kappa shape index (κ1) is 29.5. The van der Waals surface area contributed by atoms with Gasteiger partial charge in [-0.05, 0) is 77.1 Å². The zero-order valence-electron chi connectivity index (χ0n) is 22.0. The van der Waals surface area contributed by atoms with Crippen molar-refractivity contribution in [1.29, 1.82) is 0 Å². The van der Waals surface area contributed by atoms with Crippen molar-refractivity contribution in [1.82, 2.24) is 0 Å². The van der Waals surface area contributed by atoms with E-state index >= 15 is 0 Å². The fourth-order valence-corrected chi connectivity index (χ4v) is 6.35. The third-order valence-corrected chi connectivity index (χ3v) is 8.93.